The van der Waals surface area contributed by atoms with Crippen molar-refractivity contribution in [3.63, 3.8) is 0 Å². The molecule has 3 amide bonds. The topological polar surface area (TPSA) is 66.5 Å². The van der Waals surface area contributed by atoms with Gasteiger partial charge < -0.3 is 5.32 Å². The van der Waals surface area contributed by atoms with Crippen molar-refractivity contribution in [3.05, 3.63) is 48.1 Å². The summed E-state index contributed by atoms with van der Waals surface area (Å²) in [6.45, 7) is 1.92. The maximum absolute atomic E-state index is 11.5. The van der Waals surface area contributed by atoms with Crippen LogP contribution in [0, 0.1) is 0 Å². The molecular formula is C15H14N2O3. The molecule has 1 aromatic rings. The van der Waals surface area contributed by atoms with Crippen molar-refractivity contribution in [3.8, 4) is 0 Å². The van der Waals surface area contributed by atoms with Crippen LogP contribution in [0.4, 0.5) is 5.69 Å². The number of amides is 3. The molecule has 0 unspecified atom stereocenters. The first kappa shape index (κ1) is 13.7. The number of carbonyl (C=O) groups excluding carboxylic acids is 3. The Morgan fingerprint density at radius 1 is 1.15 bits per heavy atom. The zero-order chi connectivity index (χ0) is 14.5. The Hall–Kier alpha value is -2.69. The molecule has 1 heterocycles. The highest BCUT2D eigenvalue weighted by Gasteiger charge is 2.24. The minimum atomic E-state index is -0.330. The molecule has 1 N–H and O–H groups in total. The second-order valence-electron chi connectivity index (χ2n) is 4.28. The number of hydrogen-bond donors (Lipinski definition) is 1. The lowest BCUT2D eigenvalue weighted by molar-refractivity contribution is -0.120. The predicted molar refractivity (Wildman–Crippen MR) is 75.8 cm³/mol. The molecule has 0 aliphatic carbocycles. The Balaban J connectivity index is 2.02. The summed E-state index contributed by atoms with van der Waals surface area (Å²) in [6, 6.07) is 7.03. The number of rotatable bonds is 4. The summed E-state index contributed by atoms with van der Waals surface area (Å²) >= 11 is 0. The van der Waals surface area contributed by atoms with Crippen molar-refractivity contribution in [2.24, 2.45) is 0 Å². The second kappa shape index (κ2) is 5.97. The van der Waals surface area contributed by atoms with Crippen LogP contribution in [0.2, 0.25) is 0 Å². The Morgan fingerprint density at radius 3 is 2.30 bits per heavy atom. The van der Waals surface area contributed by atoms with Crippen molar-refractivity contribution in [1.29, 1.82) is 0 Å². The van der Waals surface area contributed by atoms with Gasteiger partial charge in [-0.3, -0.25) is 14.4 Å². The van der Waals surface area contributed by atoms with E-state index in [1.165, 1.54) is 19.1 Å². The SMILES string of the molecule is CC(=O)NCC=Cc1ccc(N2C(=O)C=CC2=O)cc1. The summed E-state index contributed by atoms with van der Waals surface area (Å²) < 4.78 is 0. The van der Waals surface area contributed by atoms with Crippen molar-refractivity contribution in [2.45, 2.75) is 6.92 Å². The standard InChI is InChI=1S/C15H14N2O3/c1-11(18)16-10-2-3-12-4-6-13(7-5-12)17-14(19)8-9-15(17)20/h2-9H,10H2,1H3,(H,16,18). The first-order chi connectivity index (χ1) is 9.58. The Kier molecular flexibility index (Phi) is 4.10. The number of carbonyl (C=O) groups is 3. The lowest BCUT2D eigenvalue weighted by Gasteiger charge is -2.13. The fraction of sp³-hybridized carbons (Fsp3) is 0.133. The van der Waals surface area contributed by atoms with Crippen LogP contribution in [0.25, 0.3) is 6.08 Å². The molecule has 20 heavy (non-hydrogen) atoms. The van der Waals surface area contributed by atoms with Crippen LogP contribution in [0.15, 0.2) is 42.5 Å². The largest absolute Gasteiger partial charge is 0.353 e. The molecule has 1 aliphatic heterocycles. The zero-order valence-electron chi connectivity index (χ0n) is 11.0. The molecule has 102 valence electrons. The maximum Gasteiger partial charge on any atom is 0.258 e. The van der Waals surface area contributed by atoms with E-state index in [0.29, 0.717) is 12.2 Å². The summed E-state index contributed by atoms with van der Waals surface area (Å²) in [5.41, 5.74) is 1.47. The van der Waals surface area contributed by atoms with E-state index in [1.54, 1.807) is 24.3 Å². The van der Waals surface area contributed by atoms with Gasteiger partial charge in [-0.25, -0.2) is 4.90 Å². The first-order valence-electron chi connectivity index (χ1n) is 6.15. The average Bonchev–Trinajstić information content (AvgIpc) is 2.75. The van der Waals surface area contributed by atoms with Crippen LogP contribution in [0.3, 0.4) is 0 Å². The number of benzene rings is 1. The van der Waals surface area contributed by atoms with Gasteiger partial charge in [0.05, 0.1) is 5.69 Å². The molecular weight excluding hydrogens is 256 g/mol. The summed E-state index contributed by atoms with van der Waals surface area (Å²) in [5.74, 6) is -0.739. The lowest BCUT2D eigenvalue weighted by atomic mass is 10.2. The molecule has 2 rings (SSSR count). The zero-order valence-corrected chi connectivity index (χ0v) is 11.0. The van der Waals surface area contributed by atoms with E-state index in [0.717, 1.165) is 10.5 Å². The highest BCUT2D eigenvalue weighted by Crippen LogP contribution is 2.19. The predicted octanol–water partition coefficient (Wildman–Crippen LogP) is 1.27. The summed E-state index contributed by atoms with van der Waals surface area (Å²) in [5, 5.41) is 2.65. The van der Waals surface area contributed by atoms with Crippen molar-refractivity contribution < 1.29 is 14.4 Å². The third kappa shape index (κ3) is 3.20. The minimum absolute atomic E-state index is 0.0800. The summed E-state index contributed by atoms with van der Waals surface area (Å²) in [7, 11) is 0. The van der Waals surface area contributed by atoms with Gasteiger partial charge in [-0.05, 0) is 17.7 Å². The van der Waals surface area contributed by atoms with Crippen molar-refractivity contribution in [1.82, 2.24) is 5.32 Å². The first-order valence-corrected chi connectivity index (χ1v) is 6.15. The number of imide groups is 1. The normalized spacial score (nSPS) is 14.3. The van der Waals surface area contributed by atoms with E-state index >= 15 is 0 Å². The smallest absolute Gasteiger partial charge is 0.258 e. The highest BCUT2D eigenvalue weighted by atomic mass is 16.2. The van der Waals surface area contributed by atoms with Crippen LogP contribution >= 0.6 is 0 Å². The van der Waals surface area contributed by atoms with Crippen LogP contribution in [-0.2, 0) is 14.4 Å². The van der Waals surface area contributed by atoms with Gasteiger partial charge in [0.1, 0.15) is 0 Å². The molecule has 0 bridgehead atoms. The third-order valence-corrected chi connectivity index (χ3v) is 2.74. The Morgan fingerprint density at radius 2 is 1.75 bits per heavy atom. The molecule has 5 heteroatoms. The summed E-state index contributed by atoms with van der Waals surface area (Å²) in [6.07, 6.45) is 6.18. The van der Waals surface area contributed by atoms with Gasteiger partial charge in [0.15, 0.2) is 0 Å². The van der Waals surface area contributed by atoms with E-state index < -0.39 is 0 Å². The fourth-order valence-corrected chi connectivity index (χ4v) is 1.79. The molecule has 1 aliphatic rings. The van der Waals surface area contributed by atoms with Gasteiger partial charge in [0, 0.05) is 25.6 Å². The van der Waals surface area contributed by atoms with Gasteiger partial charge in [-0.2, -0.15) is 0 Å². The third-order valence-electron chi connectivity index (χ3n) is 2.74. The van der Waals surface area contributed by atoms with E-state index in [1.807, 2.05) is 12.2 Å². The van der Waals surface area contributed by atoms with Crippen LogP contribution < -0.4 is 10.2 Å². The number of nitrogens with one attached hydrogen (secondary N) is 1. The number of anilines is 1. The molecule has 0 saturated heterocycles. The number of hydrogen-bond acceptors (Lipinski definition) is 3. The van der Waals surface area contributed by atoms with Crippen molar-refractivity contribution >= 4 is 29.5 Å². The van der Waals surface area contributed by atoms with Gasteiger partial charge >= 0.3 is 0 Å². The molecule has 0 fully saturated rings. The van der Waals surface area contributed by atoms with E-state index in [-0.39, 0.29) is 17.7 Å². The maximum atomic E-state index is 11.5. The number of nitrogens with zero attached hydrogens (tertiary/aromatic N) is 1. The van der Waals surface area contributed by atoms with Gasteiger partial charge in [-0.15, -0.1) is 0 Å². The van der Waals surface area contributed by atoms with Gasteiger partial charge in [0.2, 0.25) is 5.91 Å². The molecule has 1 aromatic carbocycles. The molecule has 0 atom stereocenters. The van der Waals surface area contributed by atoms with E-state index in [4.69, 9.17) is 0 Å². The second-order valence-corrected chi connectivity index (χ2v) is 4.28. The molecule has 5 nitrogen and oxygen atoms in total. The molecule has 0 aromatic heterocycles. The van der Waals surface area contributed by atoms with E-state index in [9.17, 15) is 14.4 Å². The van der Waals surface area contributed by atoms with Gasteiger partial charge in [-0.1, -0.05) is 24.3 Å². The van der Waals surface area contributed by atoms with Crippen LogP contribution in [0.5, 0.6) is 0 Å². The molecule has 0 spiro atoms. The average molecular weight is 270 g/mol. The van der Waals surface area contributed by atoms with Gasteiger partial charge in [0.25, 0.3) is 11.8 Å². The Bertz CT molecular complexity index is 582. The lowest BCUT2D eigenvalue weighted by Crippen LogP contribution is -2.29. The molecule has 0 radical (unpaired) electrons. The monoisotopic (exact) mass is 270 g/mol. The van der Waals surface area contributed by atoms with Crippen molar-refractivity contribution in [2.75, 3.05) is 11.4 Å². The molecule has 0 saturated carbocycles. The fourth-order valence-electron chi connectivity index (χ4n) is 1.79. The highest BCUT2D eigenvalue weighted by molar-refractivity contribution is 6.28. The summed E-state index contributed by atoms with van der Waals surface area (Å²) in [4.78, 5) is 34.8. The minimum Gasteiger partial charge on any atom is -0.353 e. The van der Waals surface area contributed by atoms with Crippen LogP contribution in [0.1, 0.15) is 12.5 Å². The van der Waals surface area contributed by atoms with E-state index in [2.05, 4.69) is 5.32 Å². The quantitative estimate of drug-likeness (QED) is 0.838. The Labute approximate surface area is 116 Å². The van der Waals surface area contributed by atoms with Crippen LogP contribution in [-0.4, -0.2) is 24.3 Å².